The number of nitrogens with zero attached hydrogens (tertiary/aromatic N) is 2. The topological polar surface area (TPSA) is 43.8 Å². The number of nitrogens with two attached hydrogens (primary N) is 1. The quantitative estimate of drug-likeness (QED) is 0.729. The zero-order chi connectivity index (χ0) is 10.4. The number of aryl methyl sites for hydroxylation is 1. The highest BCUT2D eigenvalue weighted by atomic mass is 32.2. The van der Waals surface area contributed by atoms with Gasteiger partial charge in [0.2, 0.25) is 0 Å². The summed E-state index contributed by atoms with van der Waals surface area (Å²) in [4.78, 5) is 0. The van der Waals surface area contributed by atoms with E-state index in [-0.39, 0.29) is 6.04 Å². The van der Waals surface area contributed by atoms with Crippen LogP contribution in [0.1, 0.15) is 19.4 Å². The molecule has 1 rings (SSSR count). The highest BCUT2D eigenvalue weighted by Crippen LogP contribution is 2.03. The Morgan fingerprint density at radius 2 is 2.43 bits per heavy atom. The number of hydrogen-bond acceptors (Lipinski definition) is 3. The van der Waals surface area contributed by atoms with Crippen molar-refractivity contribution in [2.45, 2.75) is 32.9 Å². The Balaban J connectivity index is 2.35. The van der Waals surface area contributed by atoms with Crippen LogP contribution in [0.2, 0.25) is 0 Å². The van der Waals surface area contributed by atoms with Gasteiger partial charge in [0, 0.05) is 24.5 Å². The van der Waals surface area contributed by atoms with Gasteiger partial charge in [-0.25, -0.2) is 0 Å². The Bertz CT molecular complexity index is 258. The van der Waals surface area contributed by atoms with Crippen LogP contribution in [0, 0.1) is 0 Å². The van der Waals surface area contributed by atoms with Gasteiger partial charge in [-0.1, -0.05) is 6.92 Å². The van der Waals surface area contributed by atoms with E-state index in [2.05, 4.69) is 18.2 Å². The molecule has 1 aromatic rings. The van der Waals surface area contributed by atoms with Gasteiger partial charge >= 0.3 is 0 Å². The Morgan fingerprint density at radius 3 is 3.07 bits per heavy atom. The van der Waals surface area contributed by atoms with Crippen LogP contribution in [0.3, 0.4) is 0 Å². The van der Waals surface area contributed by atoms with Crippen LogP contribution in [-0.2, 0) is 13.0 Å². The Morgan fingerprint density at radius 1 is 1.64 bits per heavy atom. The van der Waals surface area contributed by atoms with E-state index in [1.807, 2.05) is 29.6 Å². The summed E-state index contributed by atoms with van der Waals surface area (Å²) in [6, 6.07) is 0.220. The SMILES string of the molecule is CCSCCn1cc(CC(C)N)cn1. The van der Waals surface area contributed by atoms with Gasteiger partial charge in [-0.15, -0.1) is 0 Å². The van der Waals surface area contributed by atoms with Crippen LogP contribution in [0.15, 0.2) is 12.4 Å². The molecular weight excluding hydrogens is 194 g/mol. The Hall–Kier alpha value is -0.480. The molecule has 0 fully saturated rings. The molecule has 1 heterocycles. The third-order valence-corrected chi connectivity index (χ3v) is 2.79. The van der Waals surface area contributed by atoms with Gasteiger partial charge in [0.25, 0.3) is 0 Å². The highest BCUT2D eigenvalue weighted by molar-refractivity contribution is 7.99. The molecule has 80 valence electrons. The minimum atomic E-state index is 0.220. The average Bonchev–Trinajstić information content (AvgIpc) is 2.52. The fraction of sp³-hybridized carbons (Fsp3) is 0.700. The van der Waals surface area contributed by atoms with Gasteiger partial charge < -0.3 is 5.73 Å². The largest absolute Gasteiger partial charge is 0.328 e. The molecule has 1 aromatic heterocycles. The van der Waals surface area contributed by atoms with Gasteiger partial charge in [-0.05, 0) is 24.7 Å². The molecule has 0 aliphatic carbocycles. The number of aromatic nitrogens is 2. The van der Waals surface area contributed by atoms with Crippen molar-refractivity contribution in [1.29, 1.82) is 0 Å². The summed E-state index contributed by atoms with van der Waals surface area (Å²) in [5.41, 5.74) is 6.95. The summed E-state index contributed by atoms with van der Waals surface area (Å²) in [5.74, 6) is 2.31. The van der Waals surface area contributed by atoms with Crippen molar-refractivity contribution in [1.82, 2.24) is 9.78 Å². The summed E-state index contributed by atoms with van der Waals surface area (Å²) in [7, 11) is 0. The summed E-state index contributed by atoms with van der Waals surface area (Å²) in [6.07, 6.45) is 4.93. The van der Waals surface area contributed by atoms with E-state index in [9.17, 15) is 0 Å². The fourth-order valence-electron chi connectivity index (χ4n) is 1.31. The average molecular weight is 213 g/mol. The minimum Gasteiger partial charge on any atom is -0.328 e. The lowest BCUT2D eigenvalue weighted by atomic mass is 10.1. The molecule has 2 N–H and O–H groups in total. The molecule has 4 heteroatoms. The van der Waals surface area contributed by atoms with E-state index in [0.29, 0.717) is 0 Å². The minimum absolute atomic E-state index is 0.220. The zero-order valence-electron chi connectivity index (χ0n) is 8.94. The van der Waals surface area contributed by atoms with Crippen molar-refractivity contribution in [2.75, 3.05) is 11.5 Å². The van der Waals surface area contributed by atoms with Crippen molar-refractivity contribution in [3.8, 4) is 0 Å². The first-order valence-corrected chi connectivity index (χ1v) is 6.22. The van der Waals surface area contributed by atoms with Crippen molar-refractivity contribution < 1.29 is 0 Å². The van der Waals surface area contributed by atoms with Crippen LogP contribution in [0.5, 0.6) is 0 Å². The second-order valence-corrected chi connectivity index (χ2v) is 4.88. The molecule has 1 unspecified atom stereocenters. The monoisotopic (exact) mass is 213 g/mol. The molecule has 0 aromatic carbocycles. The maximum atomic E-state index is 5.71. The third-order valence-electron chi connectivity index (χ3n) is 1.91. The van der Waals surface area contributed by atoms with Crippen molar-refractivity contribution in [3.05, 3.63) is 18.0 Å². The molecule has 0 aliphatic rings. The standard InChI is InChI=1S/C10H19N3S/c1-3-14-5-4-13-8-10(7-12-13)6-9(2)11/h7-9H,3-6,11H2,1-2H3. The summed E-state index contributed by atoms with van der Waals surface area (Å²) in [6.45, 7) is 5.19. The van der Waals surface area contributed by atoms with Gasteiger partial charge in [0.05, 0.1) is 6.20 Å². The molecule has 0 spiro atoms. The predicted octanol–water partition coefficient (Wildman–Crippen LogP) is 1.53. The van der Waals surface area contributed by atoms with Gasteiger partial charge in [0.1, 0.15) is 0 Å². The molecular formula is C10H19N3S. The molecule has 0 saturated heterocycles. The molecule has 0 radical (unpaired) electrons. The van der Waals surface area contributed by atoms with Gasteiger partial charge in [-0.3, -0.25) is 4.68 Å². The highest BCUT2D eigenvalue weighted by Gasteiger charge is 2.01. The van der Waals surface area contributed by atoms with E-state index in [0.717, 1.165) is 18.7 Å². The number of hydrogen-bond donors (Lipinski definition) is 1. The lowest BCUT2D eigenvalue weighted by molar-refractivity contribution is 0.664. The van der Waals surface area contributed by atoms with Crippen LogP contribution in [-0.4, -0.2) is 27.3 Å². The van der Waals surface area contributed by atoms with Crippen molar-refractivity contribution in [2.24, 2.45) is 5.73 Å². The molecule has 0 bridgehead atoms. The lowest BCUT2D eigenvalue weighted by Crippen LogP contribution is -2.17. The van der Waals surface area contributed by atoms with E-state index in [1.54, 1.807) is 0 Å². The maximum absolute atomic E-state index is 5.71. The summed E-state index contributed by atoms with van der Waals surface area (Å²) in [5, 5.41) is 4.29. The van der Waals surface area contributed by atoms with Gasteiger partial charge in [0.15, 0.2) is 0 Å². The normalized spacial score (nSPS) is 13.1. The van der Waals surface area contributed by atoms with Gasteiger partial charge in [-0.2, -0.15) is 16.9 Å². The van der Waals surface area contributed by atoms with E-state index >= 15 is 0 Å². The van der Waals surface area contributed by atoms with Crippen LogP contribution < -0.4 is 5.73 Å². The summed E-state index contributed by atoms with van der Waals surface area (Å²) >= 11 is 1.94. The van der Waals surface area contributed by atoms with E-state index < -0.39 is 0 Å². The number of rotatable bonds is 6. The zero-order valence-corrected chi connectivity index (χ0v) is 9.76. The molecule has 1 atom stereocenters. The van der Waals surface area contributed by atoms with Crippen LogP contribution >= 0.6 is 11.8 Å². The smallest absolute Gasteiger partial charge is 0.0522 e. The Kier molecular flexibility index (Phi) is 5.04. The first kappa shape index (κ1) is 11.6. The van der Waals surface area contributed by atoms with E-state index in [4.69, 9.17) is 5.73 Å². The summed E-state index contributed by atoms with van der Waals surface area (Å²) < 4.78 is 2.00. The second kappa shape index (κ2) is 6.09. The van der Waals surface area contributed by atoms with E-state index in [1.165, 1.54) is 11.3 Å². The maximum Gasteiger partial charge on any atom is 0.0522 e. The first-order valence-electron chi connectivity index (χ1n) is 5.07. The van der Waals surface area contributed by atoms with Crippen molar-refractivity contribution >= 4 is 11.8 Å². The Labute approximate surface area is 90.1 Å². The number of thioether (sulfide) groups is 1. The molecule has 0 aliphatic heterocycles. The molecule has 14 heavy (non-hydrogen) atoms. The predicted molar refractivity (Wildman–Crippen MR) is 62.6 cm³/mol. The second-order valence-electron chi connectivity index (χ2n) is 3.49. The lowest BCUT2D eigenvalue weighted by Gasteiger charge is -2.01. The first-order chi connectivity index (χ1) is 6.72. The van der Waals surface area contributed by atoms with Crippen molar-refractivity contribution in [3.63, 3.8) is 0 Å². The molecule has 0 saturated carbocycles. The molecule has 3 nitrogen and oxygen atoms in total. The molecule has 0 amide bonds. The fourth-order valence-corrected chi connectivity index (χ4v) is 1.91. The van der Waals surface area contributed by atoms with Crippen LogP contribution in [0.25, 0.3) is 0 Å². The van der Waals surface area contributed by atoms with Crippen LogP contribution in [0.4, 0.5) is 0 Å². The third kappa shape index (κ3) is 4.15.